The topological polar surface area (TPSA) is 110 Å². The Morgan fingerprint density at radius 2 is 1.71 bits per heavy atom. The highest BCUT2D eigenvalue weighted by atomic mass is 16.5. The first-order chi connectivity index (χ1) is 18.2. The number of para-hydroxylation sites is 3. The van der Waals surface area contributed by atoms with Gasteiger partial charge in [-0.25, -0.2) is 4.68 Å². The molecule has 0 aliphatic rings. The van der Waals surface area contributed by atoms with Crippen LogP contribution in [-0.2, 0) is 16.1 Å². The number of benzene rings is 3. The van der Waals surface area contributed by atoms with E-state index in [2.05, 4.69) is 15.6 Å². The summed E-state index contributed by atoms with van der Waals surface area (Å²) in [6.07, 6.45) is 0.690. The Bertz CT molecular complexity index is 1410. The van der Waals surface area contributed by atoms with Crippen LogP contribution in [0.1, 0.15) is 45.7 Å². The largest absolute Gasteiger partial charge is 0.508 e. The number of phenols is 1. The van der Waals surface area contributed by atoms with Crippen LogP contribution in [0.4, 0.5) is 5.69 Å². The molecule has 1 atom stereocenters. The van der Waals surface area contributed by atoms with Crippen LogP contribution in [0, 0.1) is 0 Å². The number of ether oxygens (including phenoxy) is 1. The molecule has 1 aromatic heterocycles. The van der Waals surface area contributed by atoms with Crippen molar-refractivity contribution >= 4 is 28.5 Å². The van der Waals surface area contributed by atoms with Gasteiger partial charge in [0, 0.05) is 5.54 Å². The van der Waals surface area contributed by atoms with Gasteiger partial charge in [0.05, 0.1) is 17.8 Å². The second-order valence-corrected chi connectivity index (χ2v) is 9.62. The SMILES string of the molecule is CCOc1ccccc1N(C(=O)Cn1nnc2ccccc21)C(C(=O)NC(C)(C)CC)c1ccc(O)cc1. The van der Waals surface area contributed by atoms with Gasteiger partial charge in [0.15, 0.2) is 0 Å². The van der Waals surface area contributed by atoms with Gasteiger partial charge in [-0.2, -0.15) is 0 Å². The smallest absolute Gasteiger partial charge is 0.249 e. The van der Waals surface area contributed by atoms with E-state index in [0.29, 0.717) is 41.1 Å². The van der Waals surface area contributed by atoms with E-state index in [1.165, 1.54) is 21.7 Å². The first-order valence-electron chi connectivity index (χ1n) is 12.7. The van der Waals surface area contributed by atoms with Crippen molar-refractivity contribution in [1.82, 2.24) is 20.3 Å². The lowest BCUT2D eigenvalue weighted by molar-refractivity contribution is -0.128. The monoisotopic (exact) mass is 515 g/mol. The van der Waals surface area contributed by atoms with Gasteiger partial charge >= 0.3 is 0 Å². The van der Waals surface area contributed by atoms with E-state index in [9.17, 15) is 14.7 Å². The predicted octanol–water partition coefficient (Wildman–Crippen LogP) is 4.61. The first-order valence-corrected chi connectivity index (χ1v) is 12.7. The van der Waals surface area contributed by atoms with Crippen molar-refractivity contribution in [2.45, 2.75) is 52.2 Å². The molecule has 38 heavy (non-hydrogen) atoms. The molecule has 2 N–H and O–H groups in total. The lowest BCUT2D eigenvalue weighted by Crippen LogP contribution is -2.51. The van der Waals surface area contributed by atoms with Crippen molar-refractivity contribution in [2.75, 3.05) is 11.5 Å². The highest BCUT2D eigenvalue weighted by molar-refractivity contribution is 6.02. The van der Waals surface area contributed by atoms with E-state index >= 15 is 0 Å². The Labute approximate surface area is 222 Å². The maximum absolute atomic E-state index is 14.2. The number of aromatic nitrogens is 3. The number of aromatic hydroxyl groups is 1. The van der Waals surface area contributed by atoms with Gasteiger partial charge in [0.2, 0.25) is 11.8 Å². The Morgan fingerprint density at radius 1 is 1.03 bits per heavy atom. The molecule has 9 nitrogen and oxygen atoms in total. The number of amides is 2. The summed E-state index contributed by atoms with van der Waals surface area (Å²) in [5.41, 5.74) is 1.85. The predicted molar refractivity (Wildman–Crippen MR) is 146 cm³/mol. The molecule has 1 unspecified atom stereocenters. The molecule has 0 aliphatic carbocycles. The molecule has 0 spiro atoms. The molecule has 0 saturated carbocycles. The Kier molecular flexibility index (Phi) is 7.95. The molecule has 2 amide bonds. The molecule has 0 bridgehead atoms. The van der Waals surface area contributed by atoms with Gasteiger partial charge in [0.25, 0.3) is 0 Å². The van der Waals surface area contributed by atoms with Crippen LogP contribution in [0.25, 0.3) is 11.0 Å². The Balaban J connectivity index is 1.86. The summed E-state index contributed by atoms with van der Waals surface area (Å²) in [4.78, 5) is 29.6. The fourth-order valence-electron chi connectivity index (χ4n) is 4.15. The third-order valence-corrected chi connectivity index (χ3v) is 6.46. The number of rotatable bonds is 10. The van der Waals surface area contributed by atoms with Gasteiger partial charge < -0.3 is 15.2 Å². The van der Waals surface area contributed by atoms with Crippen molar-refractivity contribution in [3.05, 3.63) is 78.4 Å². The molecule has 4 rings (SSSR count). The zero-order chi connectivity index (χ0) is 27.3. The van der Waals surface area contributed by atoms with Crippen LogP contribution in [0.5, 0.6) is 11.5 Å². The lowest BCUT2D eigenvalue weighted by Gasteiger charge is -2.35. The highest BCUT2D eigenvalue weighted by Gasteiger charge is 2.36. The molecule has 9 heteroatoms. The van der Waals surface area contributed by atoms with Gasteiger partial charge in [0.1, 0.15) is 29.6 Å². The summed E-state index contributed by atoms with van der Waals surface area (Å²) in [6.45, 7) is 7.93. The van der Waals surface area contributed by atoms with Crippen molar-refractivity contribution in [3.8, 4) is 11.5 Å². The van der Waals surface area contributed by atoms with Gasteiger partial charge in [-0.3, -0.25) is 14.5 Å². The highest BCUT2D eigenvalue weighted by Crippen LogP contribution is 2.36. The summed E-state index contributed by atoms with van der Waals surface area (Å²) in [7, 11) is 0. The number of anilines is 1. The van der Waals surface area contributed by atoms with Crippen molar-refractivity contribution in [2.24, 2.45) is 0 Å². The zero-order valence-electron chi connectivity index (χ0n) is 22.1. The standard InChI is InChI=1S/C29H33N5O4/c1-5-29(3,4)30-28(37)27(20-15-17-21(35)18-16-20)34(24-13-9-10-14-25(24)38-6-2)26(36)19-33-23-12-8-7-11-22(23)31-32-33/h7-18,27,35H,5-6,19H2,1-4H3,(H,30,37). The average Bonchev–Trinajstić information content (AvgIpc) is 3.31. The van der Waals surface area contributed by atoms with E-state index < -0.39 is 11.6 Å². The molecule has 3 aromatic carbocycles. The third kappa shape index (κ3) is 5.77. The Morgan fingerprint density at radius 3 is 2.42 bits per heavy atom. The van der Waals surface area contributed by atoms with Crippen LogP contribution in [0.2, 0.25) is 0 Å². The average molecular weight is 516 g/mol. The number of nitrogens with zero attached hydrogens (tertiary/aromatic N) is 4. The van der Waals surface area contributed by atoms with E-state index in [4.69, 9.17) is 4.74 Å². The molecule has 0 aliphatic heterocycles. The number of nitrogens with one attached hydrogen (secondary N) is 1. The van der Waals surface area contributed by atoms with Gasteiger partial charge in [-0.15, -0.1) is 5.10 Å². The van der Waals surface area contributed by atoms with Crippen molar-refractivity contribution < 1.29 is 19.4 Å². The summed E-state index contributed by atoms with van der Waals surface area (Å²) < 4.78 is 7.40. The van der Waals surface area contributed by atoms with Crippen LogP contribution in [0.3, 0.4) is 0 Å². The molecule has 198 valence electrons. The Hall–Kier alpha value is -4.40. The van der Waals surface area contributed by atoms with E-state index in [1.807, 2.05) is 58.0 Å². The zero-order valence-corrected chi connectivity index (χ0v) is 22.1. The fraction of sp³-hybridized carbons (Fsp3) is 0.310. The van der Waals surface area contributed by atoms with Crippen LogP contribution >= 0.6 is 0 Å². The summed E-state index contributed by atoms with van der Waals surface area (Å²) in [5.74, 6) is -0.206. The van der Waals surface area contributed by atoms with Crippen LogP contribution < -0.4 is 15.0 Å². The van der Waals surface area contributed by atoms with Crippen LogP contribution in [-0.4, -0.2) is 44.1 Å². The molecule has 1 heterocycles. The quantitative estimate of drug-likeness (QED) is 0.319. The molecule has 0 saturated heterocycles. The maximum Gasteiger partial charge on any atom is 0.249 e. The van der Waals surface area contributed by atoms with Crippen molar-refractivity contribution in [3.63, 3.8) is 0 Å². The third-order valence-electron chi connectivity index (χ3n) is 6.46. The molecule has 4 aromatic rings. The van der Waals surface area contributed by atoms with E-state index in [1.54, 1.807) is 30.3 Å². The number of carbonyl (C=O) groups excluding carboxylic acids is 2. The molecule has 0 fully saturated rings. The number of fused-ring (bicyclic) bond motifs is 1. The minimum Gasteiger partial charge on any atom is -0.508 e. The summed E-state index contributed by atoms with van der Waals surface area (Å²) >= 11 is 0. The molecular weight excluding hydrogens is 482 g/mol. The lowest BCUT2D eigenvalue weighted by atomic mass is 9.98. The molecular formula is C29H33N5O4. The van der Waals surface area contributed by atoms with E-state index in [-0.39, 0.29) is 24.1 Å². The van der Waals surface area contributed by atoms with E-state index in [0.717, 1.165) is 0 Å². The van der Waals surface area contributed by atoms with Gasteiger partial charge in [-0.1, -0.05) is 48.5 Å². The minimum absolute atomic E-state index is 0.0588. The molecule has 0 radical (unpaired) electrons. The summed E-state index contributed by atoms with van der Waals surface area (Å²) in [5, 5.41) is 21.4. The fourth-order valence-corrected chi connectivity index (χ4v) is 4.15. The normalized spacial score (nSPS) is 12.2. The second kappa shape index (κ2) is 11.3. The number of phenolic OH excluding ortho intramolecular Hbond substituents is 1. The number of hydrogen-bond acceptors (Lipinski definition) is 6. The van der Waals surface area contributed by atoms with Crippen LogP contribution in [0.15, 0.2) is 72.8 Å². The number of hydrogen-bond donors (Lipinski definition) is 2. The maximum atomic E-state index is 14.2. The number of carbonyl (C=O) groups is 2. The summed E-state index contributed by atoms with van der Waals surface area (Å²) in [6, 6.07) is 19.8. The van der Waals surface area contributed by atoms with Gasteiger partial charge in [-0.05, 0) is 69.2 Å². The second-order valence-electron chi connectivity index (χ2n) is 9.62. The van der Waals surface area contributed by atoms with Crippen molar-refractivity contribution in [1.29, 1.82) is 0 Å². The first kappa shape index (κ1) is 26.7. The minimum atomic E-state index is -1.05.